The van der Waals surface area contributed by atoms with Crippen molar-refractivity contribution in [3.63, 3.8) is 0 Å². The molecule has 0 bridgehead atoms. The Balaban J connectivity index is 2.14. The van der Waals surface area contributed by atoms with Crippen molar-refractivity contribution in [1.82, 2.24) is 0 Å². The van der Waals surface area contributed by atoms with E-state index in [2.05, 4.69) is 0 Å². The van der Waals surface area contributed by atoms with Gasteiger partial charge in [0.15, 0.2) is 0 Å². The lowest BCUT2D eigenvalue weighted by Gasteiger charge is -2.13. The Morgan fingerprint density at radius 3 is 2.57 bits per heavy atom. The average molecular weight is 290 g/mol. The third kappa shape index (κ3) is 2.86. The highest BCUT2D eigenvalue weighted by Gasteiger charge is 2.27. The first-order valence-corrected chi connectivity index (χ1v) is 6.54. The summed E-state index contributed by atoms with van der Waals surface area (Å²) in [6, 6.07) is 7.68. The number of ether oxygens (including phenoxy) is 1. The van der Waals surface area contributed by atoms with E-state index in [4.69, 9.17) is 9.84 Å². The van der Waals surface area contributed by atoms with Crippen LogP contribution >= 0.6 is 0 Å². The van der Waals surface area contributed by atoms with Gasteiger partial charge < -0.3 is 9.84 Å². The third-order valence-electron chi connectivity index (χ3n) is 3.23. The number of carboxylic acid groups (broad SMARTS) is 1. The second-order valence-corrected chi connectivity index (χ2v) is 4.96. The molecule has 1 saturated carbocycles. The molecule has 1 N–H and O–H groups in total. The van der Waals surface area contributed by atoms with Crippen LogP contribution in [0.4, 0.5) is 8.78 Å². The van der Waals surface area contributed by atoms with Crippen molar-refractivity contribution in [2.45, 2.75) is 18.9 Å². The van der Waals surface area contributed by atoms with Gasteiger partial charge in [-0.25, -0.2) is 13.6 Å². The Morgan fingerprint density at radius 2 is 1.95 bits per heavy atom. The second-order valence-electron chi connectivity index (χ2n) is 4.96. The van der Waals surface area contributed by atoms with E-state index in [9.17, 15) is 13.6 Å². The van der Waals surface area contributed by atoms with E-state index in [0.717, 1.165) is 18.9 Å². The minimum Gasteiger partial charge on any atom is -0.490 e. The molecule has 0 aromatic heterocycles. The summed E-state index contributed by atoms with van der Waals surface area (Å²) in [4.78, 5) is 11.0. The fourth-order valence-corrected chi connectivity index (χ4v) is 2.09. The zero-order valence-electron chi connectivity index (χ0n) is 11.0. The summed E-state index contributed by atoms with van der Waals surface area (Å²) >= 11 is 0. The maximum absolute atomic E-state index is 14.3. The van der Waals surface area contributed by atoms with Crippen LogP contribution in [0.5, 0.6) is 5.75 Å². The predicted octanol–water partition coefficient (Wildman–Crippen LogP) is 3.87. The summed E-state index contributed by atoms with van der Waals surface area (Å²) in [7, 11) is 0. The molecule has 1 aliphatic carbocycles. The van der Waals surface area contributed by atoms with Gasteiger partial charge in [0.05, 0.1) is 17.2 Å². The number of carboxylic acids is 1. The van der Waals surface area contributed by atoms with Crippen LogP contribution in [0, 0.1) is 11.6 Å². The molecule has 3 nitrogen and oxygen atoms in total. The molecule has 1 aliphatic rings. The fourth-order valence-electron chi connectivity index (χ4n) is 2.09. The molecule has 0 spiro atoms. The van der Waals surface area contributed by atoms with Crippen LogP contribution in [0.1, 0.15) is 23.2 Å². The summed E-state index contributed by atoms with van der Waals surface area (Å²) < 4.78 is 33.2. The Labute approximate surface area is 119 Å². The number of halogens is 2. The first kappa shape index (κ1) is 13.5. The highest BCUT2D eigenvalue weighted by Crippen LogP contribution is 2.37. The molecule has 0 atom stereocenters. The van der Waals surface area contributed by atoms with E-state index >= 15 is 0 Å². The minimum atomic E-state index is -1.24. The van der Waals surface area contributed by atoms with E-state index in [0.29, 0.717) is 5.56 Å². The van der Waals surface area contributed by atoms with Crippen molar-refractivity contribution in [2.24, 2.45) is 0 Å². The van der Waals surface area contributed by atoms with Gasteiger partial charge in [0.2, 0.25) is 0 Å². The second kappa shape index (κ2) is 5.16. The van der Waals surface area contributed by atoms with E-state index < -0.39 is 17.6 Å². The summed E-state index contributed by atoms with van der Waals surface area (Å²) in [6.07, 6.45) is 1.67. The van der Waals surface area contributed by atoms with Gasteiger partial charge in [-0.05, 0) is 42.7 Å². The van der Waals surface area contributed by atoms with Gasteiger partial charge in [-0.3, -0.25) is 0 Å². The molecule has 21 heavy (non-hydrogen) atoms. The average Bonchev–Trinajstić information content (AvgIpc) is 3.22. The van der Waals surface area contributed by atoms with Gasteiger partial charge in [0, 0.05) is 0 Å². The number of carbonyl (C=O) groups is 1. The SMILES string of the molecule is O=C(O)c1cc(F)c(-c2cccc(F)c2)c(OC2CC2)c1. The van der Waals surface area contributed by atoms with Crippen LogP contribution in [0.2, 0.25) is 0 Å². The highest BCUT2D eigenvalue weighted by molar-refractivity contribution is 5.90. The monoisotopic (exact) mass is 290 g/mol. The minimum absolute atomic E-state index is 0.0271. The topological polar surface area (TPSA) is 46.5 Å². The molecule has 0 saturated heterocycles. The normalized spacial score (nSPS) is 14.0. The smallest absolute Gasteiger partial charge is 0.335 e. The van der Waals surface area contributed by atoms with Crippen LogP contribution in [0.3, 0.4) is 0 Å². The lowest BCUT2D eigenvalue weighted by Crippen LogP contribution is -2.04. The molecule has 5 heteroatoms. The largest absolute Gasteiger partial charge is 0.490 e. The van der Waals surface area contributed by atoms with Gasteiger partial charge in [0.1, 0.15) is 17.4 Å². The molecular formula is C16H12F2O3. The Bertz CT molecular complexity index is 709. The first-order valence-electron chi connectivity index (χ1n) is 6.54. The van der Waals surface area contributed by atoms with Crippen molar-refractivity contribution in [2.75, 3.05) is 0 Å². The molecule has 0 amide bonds. The maximum Gasteiger partial charge on any atom is 0.335 e. The van der Waals surface area contributed by atoms with Crippen molar-refractivity contribution in [1.29, 1.82) is 0 Å². The number of aromatic carboxylic acids is 1. The van der Waals surface area contributed by atoms with Gasteiger partial charge in [-0.1, -0.05) is 12.1 Å². The zero-order valence-corrected chi connectivity index (χ0v) is 11.0. The number of hydrogen-bond donors (Lipinski definition) is 1. The molecule has 108 valence electrons. The molecule has 0 unspecified atom stereocenters. The lowest BCUT2D eigenvalue weighted by molar-refractivity contribution is 0.0695. The number of benzene rings is 2. The third-order valence-corrected chi connectivity index (χ3v) is 3.23. The van der Waals surface area contributed by atoms with Crippen LogP contribution in [-0.4, -0.2) is 17.2 Å². The highest BCUT2D eigenvalue weighted by atomic mass is 19.1. The quantitative estimate of drug-likeness (QED) is 0.929. The van der Waals surface area contributed by atoms with Gasteiger partial charge in [0.25, 0.3) is 0 Å². The van der Waals surface area contributed by atoms with E-state index in [1.165, 1.54) is 24.3 Å². The van der Waals surface area contributed by atoms with Gasteiger partial charge in [-0.15, -0.1) is 0 Å². The molecule has 0 radical (unpaired) electrons. The Kier molecular flexibility index (Phi) is 3.33. The summed E-state index contributed by atoms with van der Waals surface area (Å²) in [6.45, 7) is 0. The van der Waals surface area contributed by atoms with E-state index in [1.807, 2.05) is 0 Å². The molecule has 0 heterocycles. The van der Waals surface area contributed by atoms with Crippen molar-refractivity contribution >= 4 is 5.97 Å². The van der Waals surface area contributed by atoms with Crippen molar-refractivity contribution < 1.29 is 23.4 Å². The van der Waals surface area contributed by atoms with E-state index in [1.54, 1.807) is 6.07 Å². The van der Waals surface area contributed by atoms with Crippen LogP contribution in [0.15, 0.2) is 36.4 Å². The molecule has 0 aliphatic heterocycles. The van der Waals surface area contributed by atoms with Crippen molar-refractivity contribution in [3.8, 4) is 16.9 Å². The van der Waals surface area contributed by atoms with Gasteiger partial charge >= 0.3 is 5.97 Å². The summed E-state index contributed by atoms with van der Waals surface area (Å²) in [5, 5.41) is 9.01. The number of hydrogen-bond acceptors (Lipinski definition) is 2. The van der Waals surface area contributed by atoms with Gasteiger partial charge in [-0.2, -0.15) is 0 Å². The van der Waals surface area contributed by atoms with E-state index in [-0.39, 0.29) is 23.0 Å². The first-order chi connectivity index (χ1) is 10.0. The Hall–Kier alpha value is -2.43. The molecular weight excluding hydrogens is 278 g/mol. The summed E-state index contributed by atoms with van der Waals surface area (Å²) in [5.74, 6) is -2.33. The number of rotatable bonds is 4. The fraction of sp³-hybridized carbons (Fsp3) is 0.188. The standard InChI is InChI=1S/C16H12F2O3/c17-11-3-1-2-9(6-11)15-13(18)7-10(16(19)20)8-14(15)21-12-4-5-12/h1-3,6-8,12H,4-5H2,(H,19,20). The molecule has 2 aromatic rings. The zero-order chi connectivity index (χ0) is 15.0. The molecule has 2 aromatic carbocycles. The summed E-state index contributed by atoms with van der Waals surface area (Å²) in [5.41, 5.74) is 0.217. The molecule has 3 rings (SSSR count). The van der Waals surface area contributed by atoms with Crippen LogP contribution < -0.4 is 4.74 Å². The van der Waals surface area contributed by atoms with Crippen LogP contribution in [-0.2, 0) is 0 Å². The Morgan fingerprint density at radius 1 is 1.19 bits per heavy atom. The maximum atomic E-state index is 14.3. The van der Waals surface area contributed by atoms with Crippen LogP contribution in [0.25, 0.3) is 11.1 Å². The lowest BCUT2D eigenvalue weighted by atomic mass is 10.0. The predicted molar refractivity (Wildman–Crippen MR) is 72.4 cm³/mol. The molecule has 1 fully saturated rings. The van der Waals surface area contributed by atoms with Crippen molar-refractivity contribution in [3.05, 3.63) is 53.6 Å².